The molecule has 1 aromatic carbocycles. The van der Waals surface area contributed by atoms with Gasteiger partial charge in [0.15, 0.2) is 0 Å². The van der Waals surface area contributed by atoms with Gasteiger partial charge in [0.2, 0.25) is 0 Å². The highest BCUT2D eigenvalue weighted by atomic mass is 32.2. The number of benzene rings is 1. The Morgan fingerprint density at radius 3 is 2.65 bits per heavy atom. The third-order valence-corrected chi connectivity index (χ3v) is 5.69. The van der Waals surface area contributed by atoms with Crippen LogP contribution in [0.2, 0.25) is 0 Å². The van der Waals surface area contributed by atoms with Gasteiger partial charge in [-0.3, -0.25) is 0 Å². The van der Waals surface area contributed by atoms with Crippen LogP contribution in [0.3, 0.4) is 0 Å². The molecule has 0 radical (unpaired) electrons. The Labute approximate surface area is 129 Å². The van der Waals surface area contributed by atoms with Crippen molar-refractivity contribution < 1.29 is 0 Å². The van der Waals surface area contributed by atoms with E-state index in [4.69, 9.17) is 0 Å². The summed E-state index contributed by atoms with van der Waals surface area (Å²) in [6.07, 6.45) is 5.57. The van der Waals surface area contributed by atoms with Gasteiger partial charge in [0.05, 0.1) is 17.2 Å². The zero-order chi connectivity index (χ0) is 13.8. The van der Waals surface area contributed by atoms with Crippen molar-refractivity contribution >= 4 is 28.8 Å². The lowest BCUT2D eigenvalue weighted by molar-refractivity contribution is 0.850. The standard InChI is InChI=1S/C16H20N2S2/c1-12(16-10-19-11-17-16)18-13-6-8-15(9-7-13)20-14-4-2-3-5-14/h6-12,14,18H,2-5H2,1H3. The Hall–Kier alpha value is -1.00. The van der Waals surface area contributed by atoms with Crippen molar-refractivity contribution in [1.29, 1.82) is 0 Å². The molecule has 1 N–H and O–H groups in total. The minimum atomic E-state index is 0.259. The predicted molar refractivity (Wildman–Crippen MR) is 88.7 cm³/mol. The lowest BCUT2D eigenvalue weighted by Crippen LogP contribution is -2.06. The van der Waals surface area contributed by atoms with Crippen LogP contribution in [0.25, 0.3) is 0 Å². The van der Waals surface area contributed by atoms with Gasteiger partial charge >= 0.3 is 0 Å². The van der Waals surface area contributed by atoms with E-state index in [1.54, 1.807) is 11.3 Å². The molecule has 3 rings (SSSR count). The Morgan fingerprint density at radius 2 is 2.00 bits per heavy atom. The van der Waals surface area contributed by atoms with Crippen molar-refractivity contribution in [3.05, 3.63) is 40.8 Å². The van der Waals surface area contributed by atoms with Crippen LogP contribution in [0.4, 0.5) is 5.69 Å². The fourth-order valence-corrected chi connectivity index (χ4v) is 4.48. The second kappa shape index (κ2) is 6.64. The van der Waals surface area contributed by atoms with Gasteiger partial charge in [-0.2, -0.15) is 0 Å². The molecular formula is C16H20N2S2. The smallest absolute Gasteiger partial charge is 0.0795 e. The molecule has 4 heteroatoms. The lowest BCUT2D eigenvalue weighted by atomic mass is 10.2. The molecule has 106 valence electrons. The molecular weight excluding hydrogens is 284 g/mol. The molecule has 0 saturated heterocycles. The molecule has 0 amide bonds. The highest BCUT2D eigenvalue weighted by Crippen LogP contribution is 2.35. The van der Waals surface area contributed by atoms with Gasteiger partial charge in [-0.15, -0.1) is 23.1 Å². The van der Waals surface area contributed by atoms with Crippen LogP contribution in [0.5, 0.6) is 0 Å². The minimum absolute atomic E-state index is 0.259. The molecule has 1 aromatic heterocycles. The first-order chi connectivity index (χ1) is 9.81. The van der Waals surface area contributed by atoms with Crippen LogP contribution in [-0.2, 0) is 0 Å². The number of hydrogen-bond donors (Lipinski definition) is 1. The summed E-state index contributed by atoms with van der Waals surface area (Å²) >= 11 is 3.68. The molecule has 2 aromatic rings. The van der Waals surface area contributed by atoms with Crippen molar-refractivity contribution in [2.75, 3.05) is 5.32 Å². The van der Waals surface area contributed by atoms with E-state index in [0.29, 0.717) is 0 Å². The van der Waals surface area contributed by atoms with Crippen LogP contribution >= 0.6 is 23.1 Å². The predicted octanol–water partition coefficient (Wildman–Crippen LogP) is 5.35. The second-order valence-corrected chi connectivity index (χ2v) is 7.42. The molecule has 1 aliphatic rings. The van der Waals surface area contributed by atoms with Crippen molar-refractivity contribution in [2.24, 2.45) is 0 Å². The zero-order valence-electron chi connectivity index (χ0n) is 11.7. The summed E-state index contributed by atoms with van der Waals surface area (Å²) in [6, 6.07) is 9.09. The highest BCUT2D eigenvalue weighted by molar-refractivity contribution is 8.00. The van der Waals surface area contributed by atoms with Crippen LogP contribution in [0, 0.1) is 0 Å². The normalized spacial score (nSPS) is 17.2. The van der Waals surface area contributed by atoms with E-state index in [2.05, 4.69) is 46.9 Å². The summed E-state index contributed by atoms with van der Waals surface area (Å²) in [5.41, 5.74) is 4.16. The van der Waals surface area contributed by atoms with Gasteiger partial charge in [-0.1, -0.05) is 12.8 Å². The van der Waals surface area contributed by atoms with Crippen LogP contribution < -0.4 is 5.32 Å². The third-order valence-electron chi connectivity index (χ3n) is 3.74. The van der Waals surface area contributed by atoms with Crippen LogP contribution in [0.1, 0.15) is 44.3 Å². The van der Waals surface area contributed by atoms with Gasteiger partial charge in [-0.25, -0.2) is 4.98 Å². The number of hydrogen-bond acceptors (Lipinski definition) is 4. The van der Waals surface area contributed by atoms with E-state index in [9.17, 15) is 0 Å². The van der Waals surface area contributed by atoms with Crippen molar-refractivity contribution in [1.82, 2.24) is 4.98 Å². The first-order valence-electron chi connectivity index (χ1n) is 7.22. The van der Waals surface area contributed by atoms with Crippen molar-refractivity contribution in [3.8, 4) is 0 Å². The Bertz CT molecular complexity index is 516. The van der Waals surface area contributed by atoms with Gasteiger partial charge in [0.1, 0.15) is 0 Å². The average Bonchev–Trinajstić information content (AvgIpc) is 3.13. The van der Waals surface area contributed by atoms with Gasteiger partial charge in [-0.05, 0) is 44.0 Å². The largest absolute Gasteiger partial charge is 0.377 e. The molecule has 1 aliphatic carbocycles. The van der Waals surface area contributed by atoms with E-state index in [0.717, 1.165) is 10.9 Å². The maximum Gasteiger partial charge on any atom is 0.0795 e. The average molecular weight is 304 g/mol. The summed E-state index contributed by atoms with van der Waals surface area (Å²) in [5.74, 6) is 0. The quantitative estimate of drug-likeness (QED) is 0.806. The molecule has 20 heavy (non-hydrogen) atoms. The van der Waals surface area contributed by atoms with Crippen LogP contribution in [-0.4, -0.2) is 10.2 Å². The van der Waals surface area contributed by atoms with Crippen molar-refractivity contribution in [2.45, 2.75) is 48.8 Å². The first-order valence-corrected chi connectivity index (χ1v) is 9.05. The van der Waals surface area contributed by atoms with E-state index in [1.165, 1.54) is 36.3 Å². The van der Waals surface area contributed by atoms with Crippen LogP contribution in [0.15, 0.2) is 40.1 Å². The fourth-order valence-electron chi connectivity index (χ4n) is 2.59. The summed E-state index contributed by atoms with van der Waals surface area (Å²) in [6.45, 7) is 2.15. The molecule has 1 fully saturated rings. The molecule has 1 saturated carbocycles. The molecule has 1 atom stereocenters. The lowest BCUT2D eigenvalue weighted by Gasteiger charge is -2.14. The minimum Gasteiger partial charge on any atom is -0.377 e. The number of thioether (sulfide) groups is 1. The highest BCUT2D eigenvalue weighted by Gasteiger charge is 2.16. The third kappa shape index (κ3) is 3.55. The number of rotatable bonds is 5. The van der Waals surface area contributed by atoms with E-state index in [-0.39, 0.29) is 6.04 Å². The summed E-state index contributed by atoms with van der Waals surface area (Å²) in [5, 5.41) is 6.44. The number of thiazole rings is 1. The summed E-state index contributed by atoms with van der Waals surface area (Å²) in [4.78, 5) is 5.74. The molecule has 0 bridgehead atoms. The zero-order valence-corrected chi connectivity index (χ0v) is 13.3. The number of aromatic nitrogens is 1. The number of nitrogens with zero attached hydrogens (tertiary/aromatic N) is 1. The maximum atomic E-state index is 4.35. The van der Waals surface area contributed by atoms with Gasteiger partial charge in [0.25, 0.3) is 0 Å². The molecule has 0 aliphatic heterocycles. The molecule has 1 unspecified atom stereocenters. The molecule has 0 spiro atoms. The maximum absolute atomic E-state index is 4.35. The van der Waals surface area contributed by atoms with Gasteiger partial charge in [0, 0.05) is 21.2 Å². The first kappa shape index (κ1) is 14.0. The number of anilines is 1. The van der Waals surface area contributed by atoms with Gasteiger partial charge < -0.3 is 5.32 Å². The fraction of sp³-hybridized carbons (Fsp3) is 0.438. The topological polar surface area (TPSA) is 24.9 Å². The Balaban J connectivity index is 1.58. The summed E-state index contributed by atoms with van der Waals surface area (Å²) < 4.78 is 0. The SMILES string of the molecule is CC(Nc1ccc(SC2CCCC2)cc1)c1cscn1. The Kier molecular flexibility index (Phi) is 4.63. The van der Waals surface area contributed by atoms with E-state index < -0.39 is 0 Å². The molecule has 2 nitrogen and oxygen atoms in total. The van der Waals surface area contributed by atoms with E-state index >= 15 is 0 Å². The molecule has 1 heterocycles. The van der Waals surface area contributed by atoms with E-state index in [1.807, 2.05) is 17.3 Å². The monoisotopic (exact) mass is 304 g/mol. The van der Waals surface area contributed by atoms with Crippen molar-refractivity contribution in [3.63, 3.8) is 0 Å². The number of nitrogens with one attached hydrogen (secondary N) is 1. The second-order valence-electron chi connectivity index (χ2n) is 5.33. The Morgan fingerprint density at radius 1 is 1.25 bits per heavy atom. The summed E-state index contributed by atoms with van der Waals surface area (Å²) in [7, 11) is 0.